The third-order valence-electron chi connectivity index (χ3n) is 4.65. The van der Waals surface area contributed by atoms with Gasteiger partial charge in [0.05, 0.1) is 0 Å². The van der Waals surface area contributed by atoms with Crippen molar-refractivity contribution in [2.45, 2.75) is 65.3 Å². The number of nitrogens with zero attached hydrogens (tertiary/aromatic N) is 2. The molecule has 2 rings (SSSR count). The van der Waals surface area contributed by atoms with Crippen molar-refractivity contribution >= 4 is 35.8 Å². The van der Waals surface area contributed by atoms with E-state index in [0.717, 1.165) is 38.4 Å². The number of guanidine groups is 1. The second kappa shape index (κ2) is 9.69. The molecule has 0 aromatic rings. The number of nitrogens with one attached hydrogen (secondary N) is 2. The summed E-state index contributed by atoms with van der Waals surface area (Å²) in [5, 5.41) is 6.45. The molecule has 1 heterocycles. The zero-order chi connectivity index (χ0) is 16.0. The molecule has 5 nitrogen and oxygen atoms in total. The Morgan fingerprint density at radius 3 is 2.52 bits per heavy atom. The summed E-state index contributed by atoms with van der Waals surface area (Å²) < 4.78 is 0. The van der Waals surface area contributed by atoms with E-state index in [1.165, 1.54) is 25.7 Å². The van der Waals surface area contributed by atoms with Crippen molar-refractivity contribution < 1.29 is 4.79 Å². The van der Waals surface area contributed by atoms with Gasteiger partial charge in [0.25, 0.3) is 0 Å². The van der Waals surface area contributed by atoms with Crippen molar-refractivity contribution in [3.8, 4) is 0 Å². The van der Waals surface area contributed by atoms with E-state index in [9.17, 15) is 4.79 Å². The first-order valence-corrected chi connectivity index (χ1v) is 8.83. The number of carbonyl (C=O) groups is 1. The third-order valence-corrected chi connectivity index (χ3v) is 4.65. The Morgan fingerprint density at radius 2 is 1.96 bits per heavy atom. The molecule has 1 saturated carbocycles. The summed E-state index contributed by atoms with van der Waals surface area (Å²) in [4.78, 5) is 18.9. The van der Waals surface area contributed by atoms with Crippen molar-refractivity contribution in [1.29, 1.82) is 0 Å². The highest BCUT2D eigenvalue weighted by molar-refractivity contribution is 14.0. The lowest BCUT2D eigenvalue weighted by Gasteiger charge is -2.24. The average molecular weight is 436 g/mol. The van der Waals surface area contributed by atoms with Gasteiger partial charge in [-0.1, -0.05) is 33.1 Å². The molecule has 0 unspecified atom stereocenters. The average Bonchev–Trinajstić information content (AvgIpc) is 2.84. The van der Waals surface area contributed by atoms with Crippen molar-refractivity contribution in [2.24, 2.45) is 10.4 Å². The molecular formula is C17H33IN4O. The maximum Gasteiger partial charge on any atom is 0.242 e. The Hall–Kier alpha value is -0.530. The number of hydrogen-bond acceptors (Lipinski definition) is 2. The number of hydrogen-bond donors (Lipinski definition) is 2. The number of halogens is 1. The molecule has 2 fully saturated rings. The van der Waals surface area contributed by atoms with E-state index in [-0.39, 0.29) is 36.4 Å². The molecular weight excluding hydrogens is 403 g/mol. The van der Waals surface area contributed by atoms with Gasteiger partial charge in [-0.15, -0.1) is 24.0 Å². The van der Waals surface area contributed by atoms with Crippen LogP contribution in [0.2, 0.25) is 0 Å². The highest BCUT2D eigenvalue weighted by Crippen LogP contribution is 2.28. The summed E-state index contributed by atoms with van der Waals surface area (Å²) in [6.45, 7) is 9.72. The molecule has 0 atom stereocenters. The fraction of sp³-hybridized carbons (Fsp3) is 0.882. The van der Waals surface area contributed by atoms with E-state index in [4.69, 9.17) is 0 Å². The second-order valence-corrected chi connectivity index (χ2v) is 7.41. The number of likely N-dealkylation sites (tertiary alicyclic amines) is 1. The summed E-state index contributed by atoms with van der Waals surface area (Å²) in [7, 11) is 0. The van der Waals surface area contributed by atoms with E-state index in [1.807, 2.05) is 0 Å². The van der Waals surface area contributed by atoms with Crippen LogP contribution in [0.15, 0.2) is 4.99 Å². The van der Waals surface area contributed by atoms with Gasteiger partial charge in [-0.2, -0.15) is 0 Å². The molecule has 1 saturated heterocycles. The number of amides is 1. The summed E-state index contributed by atoms with van der Waals surface area (Å²) in [5.41, 5.74) is 0.334. The van der Waals surface area contributed by atoms with Gasteiger partial charge in [0.15, 0.2) is 5.96 Å². The lowest BCUT2D eigenvalue weighted by molar-refractivity contribution is -0.120. The van der Waals surface area contributed by atoms with Crippen LogP contribution < -0.4 is 10.6 Å². The van der Waals surface area contributed by atoms with Gasteiger partial charge < -0.3 is 15.5 Å². The van der Waals surface area contributed by atoms with E-state index in [0.29, 0.717) is 11.5 Å². The summed E-state index contributed by atoms with van der Waals surface area (Å²) in [5.74, 6) is 0.938. The van der Waals surface area contributed by atoms with Crippen LogP contribution in [-0.2, 0) is 4.79 Å². The smallest absolute Gasteiger partial charge is 0.242 e. The van der Waals surface area contributed by atoms with Crippen LogP contribution in [0.4, 0.5) is 0 Å². The van der Waals surface area contributed by atoms with Crippen molar-refractivity contribution in [2.75, 3.05) is 26.2 Å². The molecule has 0 bridgehead atoms. The molecule has 23 heavy (non-hydrogen) atoms. The molecule has 6 heteroatoms. The minimum atomic E-state index is 0. The van der Waals surface area contributed by atoms with Crippen molar-refractivity contribution in [3.63, 3.8) is 0 Å². The Labute approximate surface area is 158 Å². The molecule has 0 aromatic carbocycles. The van der Waals surface area contributed by atoms with Crippen LogP contribution in [0.25, 0.3) is 0 Å². The Morgan fingerprint density at radius 1 is 1.26 bits per heavy atom. The van der Waals surface area contributed by atoms with Gasteiger partial charge in [0, 0.05) is 25.7 Å². The van der Waals surface area contributed by atoms with Crippen LogP contribution in [-0.4, -0.2) is 49.0 Å². The van der Waals surface area contributed by atoms with E-state index in [1.54, 1.807) is 0 Å². The molecule has 134 valence electrons. The number of rotatable bonds is 4. The van der Waals surface area contributed by atoms with Gasteiger partial charge in [0.2, 0.25) is 5.91 Å². The fourth-order valence-electron chi connectivity index (χ4n) is 3.39. The first kappa shape index (κ1) is 20.5. The fourth-order valence-corrected chi connectivity index (χ4v) is 3.39. The van der Waals surface area contributed by atoms with Crippen LogP contribution in [0.1, 0.15) is 59.3 Å². The minimum Gasteiger partial charge on any atom is -0.357 e. The van der Waals surface area contributed by atoms with Gasteiger partial charge in [-0.3, -0.25) is 4.79 Å². The van der Waals surface area contributed by atoms with E-state index < -0.39 is 0 Å². The topological polar surface area (TPSA) is 56.7 Å². The summed E-state index contributed by atoms with van der Waals surface area (Å²) >= 11 is 0. The van der Waals surface area contributed by atoms with Crippen molar-refractivity contribution in [3.05, 3.63) is 0 Å². The maximum atomic E-state index is 12.1. The summed E-state index contributed by atoms with van der Waals surface area (Å²) in [6.07, 6.45) is 7.19. The van der Waals surface area contributed by atoms with Crippen LogP contribution in [0, 0.1) is 5.41 Å². The highest BCUT2D eigenvalue weighted by Gasteiger charge is 2.30. The normalized spacial score (nSPS) is 21.7. The first-order valence-electron chi connectivity index (χ1n) is 8.83. The number of aliphatic imine (C=N–C) groups is 1. The number of carbonyl (C=O) groups excluding carboxylic acids is 1. The third kappa shape index (κ3) is 6.85. The maximum absolute atomic E-state index is 12.1. The van der Waals surface area contributed by atoms with E-state index >= 15 is 0 Å². The van der Waals surface area contributed by atoms with Crippen LogP contribution >= 0.6 is 24.0 Å². The zero-order valence-corrected chi connectivity index (χ0v) is 17.2. The second-order valence-electron chi connectivity index (χ2n) is 7.41. The molecule has 1 aliphatic carbocycles. The van der Waals surface area contributed by atoms with Gasteiger partial charge >= 0.3 is 0 Å². The van der Waals surface area contributed by atoms with Gasteiger partial charge in [-0.25, -0.2) is 4.99 Å². The van der Waals surface area contributed by atoms with E-state index in [2.05, 4.69) is 41.3 Å². The van der Waals surface area contributed by atoms with Gasteiger partial charge in [-0.05, 0) is 31.6 Å². The lowest BCUT2D eigenvalue weighted by atomic mass is 9.93. The monoisotopic (exact) mass is 436 g/mol. The SMILES string of the molecule is CCNC(=NCC(=O)NC1CCCCC1)N1CCC(C)(C)C1.I. The summed E-state index contributed by atoms with van der Waals surface area (Å²) in [6, 6.07) is 0.366. The Balaban J connectivity index is 0.00000264. The first-order chi connectivity index (χ1) is 10.5. The Kier molecular flexibility index (Phi) is 8.64. The lowest BCUT2D eigenvalue weighted by Crippen LogP contribution is -2.42. The predicted molar refractivity (Wildman–Crippen MR) is 106 cm³/mol. The standard InChI is InChI=1S/C17H32N4O.HI/c1-4-18-16(21-11-10-17(2,3)13-21)19-12-15(22)20-14-8-6-5-7-9-14;/h14H,4-13H2,1-3H3,(H,18,19)(H,20,22);1H. The van der Waals surface area contributed by atoms with Crippen molar-refractivity contribution in [1.82, 2.24) is 15.5 Å². The van der Waals surface area contributed by atoms with Crippen LogP contribution in [0.3, 0.4) is 0 Å². The molecule has 1 aliphatic heterocycles. The van der Waals surface area contributed by atoms with Crippen LogP contribution in [0.5, 0.6) is 0 Å². The molecule has 0 radical (unpaired) electrons. The largest absolute Gasteiger partial charge is 0.357 e. The minimum absolute atomic E-state index is 0. The molecule has 2 N–H and O–H groups in total. The molecule has 0 spiro atoms. The zero-order valence-electron chi connectivity index (χ0n) is 14.9. The molecule has 0 aromatic heterocycles. The molecule has 1 amide bonds. The molecule has 2 aliphatic rings. The van der Waals surface area contributed by atoms with Gasteiger partial charge in [0.1, 0.15) is 6.54 Å². The predicted octanol–water partition coefficient (Wildman–Crippen LogP) is 2.75. The Bertz CT molecular complexity index is 405. The highest BCUT2D eigenvalue weighted by atomic mass is 127. The quantitative estimate of drug-likeness (QED) is 0.405.